The van der Waals surface area contributed by atoms with Gasteiger partial charge in [0.2, 0.25) is 5.88 Å². The SMILES string of the molecule is CCc1ccc(CNC(=O)c2nn(C(C)(C)C)c(Oc3cncc(OC)c3C(F)(F)F)c2C)nc1.O=CCC=C1CC1. The molecule has 0 radical (unpaired) electrons. The third-order valence-corrected chi connectivity index (χ3v) is 6.27. The van der Waals surface area contributed by atoms with Gasteiger partial charge in [0.1, 0.15) is 11.8 Å². The summed E-state index contributed by atoms with van der Waals surface area (Å²) in [6.07, 6.45) is 5.78. The van der Waals surface area contributed by atoms with E-state index in [9.17, 15) is 22.8 Å². The molecule has 0 aliphatic heterocycles. The van der Waals surface area contributed by atoms with Gasteiger partial charge in [0.05, 0.1) is 37.3 Å². The van der Waals surface area contributed by atoms with Gasteiger partial charge in [-0.3, -0.25) is 14.8 Å². The molecule has 0 atom stereocenters. The van der Waals surface area contributed by atoms with Crippen molar-refractivity contribution < 1.29 is 32.2 Å². The number of aromatic nitrogens is 4. The molecule has 1 saturated carbocycles. The average Bonchev–Trinajstić information content (AvgIpc) is 3.72. The second-order valence-electron chi connectivity index (χ2n) is 10.6. The number of allylic oxidation sites excluding steroid dienone is 2. The van der Waals surface area contributed by atoms with Crippen LogP contribution in [-0.2, 0) is 29.5 Å². The van der Waals surface area contributed by atoms with E-state index in [1.807, 2.05) is 25.1 Å². The summed E-state index contributed by atoms with van der Waals surface area (Å²) < 4.78 is 53.4. The maximum absolute atomic E-state index is 13.8. The zero-order chi connectivity index (χ0) is 31.1. The van der Waals surface area contributed by atoms with E-state index < -0.39 is 34.7 Å². The number of halogens is 3. The summed E-state index contributed by atoms with van der Waals surface area (Å²) in [5, 5.41) is 7.14. The fourth-order valence-electron chi connectivity index (χ4n) is 3.82. The number of aryl methyl sites for hydroxylation is 1. The number of nitrogens with zero attached hydrogens (tertiary/aromatic N) is 4. The molecular weight excluding hydrogens is 551 g/mol. The van der Waals surface area contributed by atoms with Gasteiger partial charge in [-0.1, -0.05) is 24.6 Å². The Bertz CT molecular complexity index is 1420. The zero-order valence-electron chi connectivity index (χ0n) is 24.6. The Hall–Kier alpha value is -4.22. The second-order valence-corrected chi connectivity index (χ2v) is 10.6. The number of amides is 1. The highest BCUT2D eigenvalue weighted by Gasteiger charge is 2.40. The first-order chi connectivity index (χ1) is 19.8. The van der Waals surface area contributed by atoms with Crippen LogP contribution in [0, 0.1) is 6.92 Å². The smallest absolute Gasteiger partial charge is 0.423 e. The molecular formula is C30H36F3N5O4. The van der Waals surface area contributed by atoms with E-state index >= 15 is 0 Å². The van der Waals surface area contributed by atoms with Crippen LogP contribution in [0.3, 0.4) is 0 Å². The molecule has 3 aromatic heterocycles. The van der Waals surface area contributed by atoms with Crippen molar-refractivity contribution in [2.24, 2.45) is 0 Å². The Morgan fingerprint density at radius 2 is 1.81 bits per heavy atom. The van der Waals surface area contributed by atoms with Crippen LogP contribution in [0.1, 0.15) is 79.8 Å². The molecule has 1 aliphatic rings. The van der Waals surface area contributed by atoms with Crippen molar-refractivity contribution in [2.45, 2.75) is 78.6 Å². The van der Waals surface area contributed by atoms with Gasteiger partial charge in [-0.2, -0.15) is 18.3 Å². The molecule has 3 heterocycles. The molecule has 1 N–H and O–H groups in total. The normalized spacial score (nSPS) is 12.6. The molecule has 12 heteroatoms. The Morgan fingerprint density at radius 1 is 1.12 bits per heavy atom. The quantitative estimate of drug-likeness (QED) is 0.230. The lowest BCUT2D eigenvalue weighted by atomic mass is 10.1. The van der Waals surface area contributed by atoms with Crippen LogP contribution in [0.15, 0.2) is 42.4 Å². The van der Waals surface area contributed by atoms with Gasteiger partial charge in [-0.25, -0.2) is 4.68 Å². The molecule has 0 bridgehead atoms. The summed E-state index contributed by atoms with van der Waals surface area (Å²) in [7, 11) is 1.12. The molecule has 0 spiro atoms. The van der Waals surface area contributed by atoms with Crippen molar-refractivity contribution in [3.8, 4) is 17.4 Å². The summed E-state index contributed by atoms with van der Waals surface area (Å²) in [4.78, 5) is 30.8. The summed E-state index contributed by atoms with van der Waals surface area (Å²) >= 11 is 0. The number of ether oxygens (including phenoxy) is 2. The van der Waals surface area contributed by atoms with Crippen LogP contribution in [0.25, 0.3) is 0 Å². The van der Waals surface area contributed by atoms with E-state index in [0.717, 1.165) is 37.8 Å². The molecule has 1 fully saturated rings. The lowest BCUT2D eigenvalue weighted by Gasteiger charge is -2.23. The van der Waals surface area contributed by atoms with E-state index in [4.69, 9.17) is 9.47 Å². The van der Waals surface area contributed by atoms with Gasteiger partial charge in [0.15, 0.2) is 17.2 Å². The largest absolute Gasteiger partial charge is 0.494 e. The van der Waals surface area contributed by atoms with E-state index in [-0.39, 0.29) is 23.7 Å². The first kappa shape index (κ1) is 32.3. The summed E-state index contributed by atoms with van der Waals surface area (Å²) in [6, 6.07) is 3.75. The maximum atomic E-state index is 13.8. The third kappa shape index (κ3) is 8.40. The maximum Gasteiger partial charge on any atom is 0.423 e. The minimum absolute atomic E-state index is 0.00590. The van der Waals surface area contributed by atoms with Crippen molar-refractivity contribution in [1.82, 2.24) is 25.1 Å². The molecule has 9 nitrogen and oxygen atoms in total. The van der Waals surface area contributed by atoms with E-state index in [0.29, 0.717) is 12.1 Å². The zero-order valence-corrected chi connectivity index (χ0v) is 24.6. The minimum atomic E-state index is -4.76. The molecule has 0 aromatic carbocycles. The monoisotopic (exact) mass is 587 g/mol. The predicted molar refractivity (Wildman–Crippen MR) is 151 cm³/mol. The number of hydrogen-bond acceptors (Lipinski definition) is 7. The number of carbonyl (C=O) groups excluding carboxylic acids is 2. The van der Waals surface area contributed by atoms with Crippen molar-refractivity contribution >= 4 is 12.2 Å². The van der Waals surface area contributed by atoms with E-state index in [2.05, 4.69) is 20.4 Å². The van der Waals surface area contributed by atoms with Gasteiger partial charge in [0.25, 0.3) is 5.91 Å². The lowest BCUT2D eigenvalue weighted by Crippen LogP contribution is -2.27. The topological polar surface area (TPSA) is 108 Å². The number of alkyl halides is 3. The van der Waals surface area contributed by atoms with Gasteiger partial charge < -0.3 is 19.6 Å². The third-order valence-electron chi connectivity index (χ3n) is 6.27. The highest BCUT2D eigenvalue weighted by atomic mass is 19.4. The van der Waals surface area contributed by atoms with E-state index in [1.54, 1.807) is 33.9 Å². The number of aldehydes is 1. The molecule has 42 heavy (non-hydrogen) atoms. The molecule has 0 unspecified atom stereocenters. The van der Waals surface area contributed by atoms with Crippen molar-refractivity contribution in [3.05, 3.63) is 70.5 Å². The Morgan fingerprint density at radius 3 is 2.33 bits per heavy atom. The van der Waals surface area contributed by atoms with Crippen molar-refractivity contribution in [2.75, 3.05) is 7.11 Å². The second kappa shape index (κ2) is 13.6. The summed E-state index contributed by atoms with van der Waals surface area (Å²) in [5.41, 5.74) is 1.69. The minimum Gasteiger partial charge on any atom is -0.494 e. The van der Waals surface area contributed by atoms with Crippen LogP contribution in [-0.4, -0.2) is 39.1 Å². The van der Waals surface area contributed by atoms with Crippen molar-refractivity contribution in [3.63, 3.8) is 0 Å². The fourth-order valence-corrected chi connectivity index (χ4v) is 3.82. The number of hydrogen-bond donors (Lipinski definition) is 1. The van der Waals surface area contributed by atoms with Crippen LogP contribution in [0.4, 0.5) is 13.2 Å². The Balaban J connectivity index is 0.000000603. The van der Waals surface area contributed by atoms with Gasteiger partial charge in [-0.05, 0) is 58.6 Å². The molecule has 0 saturated heterocycles. The highest BCUT2D eigenvalue weighted by molar-refractivity contribution is 5.94. The average molecular weight is 588 g/mol. The van der Waals surface area contributed by atoms with Crippen LogP contribution in [0.2, 0.25) is 0 Å². The molecule has 3 aromatic rings. The van der Waals surface area contributed by atoms with Gasteiger partial charge in [0, 0.05) is 18.2 Å². The first-order valence-electron chi connectivity index (χ1n) is 13.5. The van der Waals surface area contributed by atoms with Gasteiger partial charge in [-0.15, -0.1) is 0 Å². The molecule has 1 amide bonds. The van der Waals surface area contributed by atoms with Crippen LogP contribution in [0.5, 0.6) is 17.4 Å². The number of methoxy groups -OCH3 is 1. The number of carbonyl (C=O) groups is 2. The number of nitrogens with one attached hydrogen (secondary N) is 1. The Labute approximate surface area is 243 Å². The highest BCUT2D eigenvalue weighted by Crippen LogP contribution is 2.44. The molecule has 226 valence electrons. The number of pyridine rings is 2. The lowest BCUT2D eigenvalue weighted by molar-refractivity contribution is -0.139. The summed E-state index contributed by atoms with van der Waals surface area (Å²) in [6.45, 7) is 9.13. The fraction of sp³-hybridized carbons (Fsp3) is 0.433. The van der Waals surface area contributed by atoms with Crippen LogP contribution < -0.4 is 14.8 Å². The van der Waals surface area contributed by atoms with E-state index in [1.165, 1.54) is 23.1 Å². The predicted octanol–water partition coefficient (Wildman–Crippen LogP) is 6.34. The van der Waals surface area contributed by atoms with Crippen molar-refractivity contribution in [1.29, 1.82) is 0 Å². The number of rotatable bonds is 9. The van der Waals surface area contributed by atoms with Gasteiger partial charge >= 0.3 is 6.18 Å². The van der Waals surface area contributed by atoms with Crippen LogP contribution >= 0.6 is 0 Å². The molecule has 4 rings (SSSR count). The first-order valence-corrected chi connectivity index (χ1v) is 13.5. The Kier molecular flexibility index (Phi) is 10.5. The summed E-state index contributed by atoms with van der Waals surface area (Å²) in [5.74, 6) is -1.54. The molecule has 1 aliphatic carbocycles. The standard InChI is InChI=1S/C24H28F3N5O3.C6H8O/c1-7-15-8-9-16(29-10-15)11-30-21(33)20-14(2)22(32(31-20)23(3,4)5)35-18-13-28-12-17(34-6)19(18)24(25,26)27;7-5-1-2-6-3-4-6/h8-10,12-13H,7,11H2,1-6H3,(H,30,33);2,5H,1,3-4H2.